The van der Waals surface area contributed by atoms with Gasteiger partial charge in [-0.2, -0.15) is 5.10 Å². The number of aromatic nitrogens is 2. The molecule has 1 aromatic heterocycles. The van der Waals surface area contributed by atoms with E-state index in [0.717, 1.165) is 21.2 Å². The zero-order valence-electron chi connectivity index (χ0n) is 16.3. The fourth-order valence-electron chi connectivity index (χ4n) is 3.30. The molecule has 30 heavy (non-hydrogen) atoms. The van der Waals surface area contributed by atoms with Gasteiger partial charge in [-0.25, -0.2) is 9.48 Å². The van der Waals surface area contributed by atoms with Gasteiger partial charge >= 0.3 is 5.97 Å². The minimum absolute atomic E-state index is 0.00357. The number of fused-ring (bicyclic) bond motifs is 1. The second-order valence-electron chi connectivity index (χ2n) is 7.11. The molecule has 152 valence electrons. The number of aliphatic carboxylic acids is 1. The fourth-order valence-corrected chi connectivity index (χ4v) is 3.57. The molecule has 0 saturated heterocycles. The molecule has 7 nitrogen and oxygen atoms in total. The van der Waals surface area contributed by atoms with Crippen LogP contribution in [0.1, 0.15) is 33.1 Å². The van der Waals surface area contributed by atoms with E-state index in [1.807, 2.05) is 56.3 Å². The van der Waals surface area contributed by atoms with Gasteiger partial charge in [0.2, 0.25) is 0 Å². The lowest BCUT2D eigenvalue weighted by Gasteiger charge is -2.24. The highest BCUT2D eigenvalue weighted by Crippen LogP contribution is 2.33. The molecule has 0 radical (unpaired) electrons. The number of benzene rings is 2. The lowest BCUT2D eigenvalue weighted by atomic mass is 10.0. The van der Waals surface area contributed by atoms with E-state index in [9.17, 15) is 14.7 Å². The Balaban J connectivity index is 1.70. The summed E-state index contributed by atoms with van der Waals surface area (Å²) in [6, 6.07) is 12.7. The van der Waals surface area contributed by atoms with Crippen LogP contribution in [0.25, 0.3) is 0 Å². The molecule has 1 aliphatic heterocycles. The SMILES string of the molecule is Cc1ccc(NC(=O)c2cnn3c2NC(C(=O)O)=C[C@H]3c2ccc(Br)cc2)cc1C. The highest BCUT2D eigenvalue weighted by Gasteiger charge is 2.29. The van der Waals surface area contributed by atoms with Crippen LogP contribution in [0.5, 0.6) is 0 Å². The number of nitrogens with zero attached hydrogens (tertiary/aromatic N) is 2. The number of carboxylic acids is 1. The first-order valence-corrected chi connectivity index (χ1v) is 10.1. The van der Waals surface area contributed by atoms with Crippen molar-refractivity contribution in [2.75, 3.05) is 10.6 Å². The average molecular weight is 467 g/mol. The minimum Gasteiger partial charge on any atom is -0.477 e. The zero-order chi connectivity index (χ0) is 21.4. The Morgan fingerprint density at radius 2 is 1.87 bits per heavy atom. The number of amides is 1. The molecule has 0 spiro atoms. The molecular formula is C22H19BrN4O3. The van der Waals surface area contributed by atoms with Crippen molar-refractivity contribution in [3.63, 3.8) is 0 Å². The van der Waals surface area contributed by atoms with E-state index < -0.39 is 12.0 Å². The van der Waals surface area contributed by atoms with Gasteiger partial charge in [0.05, 0.1) is 12.2 Å². The molecule has 3 N–H and O–H groups in total. The van der Waals surface area contributed by atoms with E-state index in [0.29, 0.717) is 11.5 Å². The predicted octanol–water partition coefficient (Wildman–Crippen LogP) is 4.50. The van der Waals surface area contributed by atoms with Crippen molar-refractivity contribution in [1.29, 1.82) is 0 Å². The zero-order valence-corrected chi connectivity index (χ0v) is 17.9. The lowest BCUT2D eigenvalue weighted by Crippen LogP contribution is -2.25. The molecule has 3 aromatic rings. The molecule has 8 heteroatoms. The van der Waals surface area contributed by atoms with Crippen molar-refractivity contribution in [3.8, 4) is 0 Å². The third kappa shape index (κ3) is 3.73. The van der Waals surface area contributed by atoms with Gasteiger partial charge in [-0.15, -0.1) is 0 Å². The maximum Gasteiger partial charge on any atom is 0.352 e. The van der Waals surface area contributed by atoms with Crippen molar-refractivity contribution in [3.05, 3.63) is 87.2 Å². The Morgan fingerprint density at radius 1 is 1.13 bits per heavy atom. The van der Waals surface area contributed by atoms with Gasteiger partial charge in [-0.1, -0.05) is 34.1 Å². The number of carbonyl (C=O) groups excluding carboxylic acids is 1. The Kier molecular flexibility index (Phi) is 5.17. The van der Waals surface area contributed by atoms with Gasteiger partial charge in [0, 0.05) is 10.2 Å². The molecule has 0 aliphatic carbocycles. The Hall–Kier alpha value is -3.39. The standard InChI is InChI=1S/C22H19BrN4O3/c1-12-3-8-16(9-13(12)2)25-21(28)17-11-24-27-19(14-4-6-15(23)7-5-14)10-18(22(29)30)26-20(17)27/h3-11,19,26H,1-2H3,(H,25,28)(H,29,30)/t19-/m0/s1. The quantitative estimate of drug-likeness (QED) is 0.525. The maximum atomic E-state index is 12.9. The van der Waals surface area contributed by atoms with Gasteiger partial charge in [-0.3, -0.25) is 4.79 Å². The molecule has 0 unspecified atom stereocenters. The molecule has 2 heterocycles. The van der Waals surface area contributed by atoms with Crippen LogP contribution in [-0.2, 0) is 4.79 Å². The number of allylic oxidation sites excluding steroid dienone is 1. The van der Waals surface area contributed by atoms with E-state index in [-0.39, 0.29) is 17.2 Å². The van der Waals surface area contributed by atoms with Crippen molar-refractivity contribution in [2.24, 2.45) is 0 Å². The smallest absolute Gasteiger partial charge is 0.352 e. The number of carboxylic acid groups (broad SMARTS) is 1. The first kappa shape index (κ1) is 19.9. The van der Waals surface area contributed by atoms with Crippen LogP contribution in [0.2, 0.25) is 0 Å². The number of aryl methyl sites for hydroxylation is 2. The Labute approximate surface area is 181 Å². The second kappa shape index (κ2) is 7.79. The molecular weight excluding hydrogens is 448 g/mol. The van der Waals surface area contributed by atoms with Gasteiger partial charge < -0.3 is 15.7 Å². The summed E-state index contributed by atoms with van der Waals surface area (Å²) in [6.45, 7) is 3.97. The molecule has 1 atom stereocenters. The molecule has 1 amide bonds. The summed E-state index contributed by atoms with van der Waals surface area (Å²) in [4.78, 5) is 24.6. The van der Waals surface area contributed by atoms with E-state index >= 15 is 0 Å². The number of halogens is 1. The molecule has 4 rings (SSSR count). The van der Waals surface area contributed by atoms with E-state index in [1.165, 1.54) is 6.20 Å². The first-order chi connectivity index (χ1) is 14.3. The summed E-state index contributed by atoms with van der Waals surface area (Å²) < 4.78 is 2.53. The number of nitrogens with one attached hydrogen (secondary N) is 2. The second-order valence-corrected chi connectivity index (χ2v) is 8.03. The predicted molar refractivity (Wildman–Crippen MR) is 118 cm³/mol. The third-order valence-corrected chi connectivity index (χ3v) is 5.62. The van der Waals surface area contributed by atoms with Gasteiger partial charge in [0.15, 0.2) is 0 Å². The summed E-state index contributed by atoms with van der Waals surface area (Å²) >= 11 is 3.40. The number of hydrogen-bond acceptors (Lipinski definition) is 4. The Bertz CT molecular complexity index is 1180. The number of anilines is 2. The van der Waals surface area contributed by atoms with Crippen LogP contribution in [-0.4, -0.2) is 26.8 Å². The largest absolute Gasteiger partial charge is 0.477 e. The van der Waals surface area contributed by atoms with E-state index in [4.69, 9.17) is 0 Å². The third-order valence-electron chi connectivity index (χ3n) is 5.09. The van der Waals surface area contributed by atoms with Crippen LogP contribution in [0.15, 0.2) is 64.9 Å². The maximum absolute atomic E-state index is 12.9. The van der Waals surface area contributed by atoms with Crippen molar-refractivity contribution in [1.82, 2.24) is 9.78 Å². The van der Waals surface area contributed by atoms with Crippen molar-refractivity contribution in [2.45, 2.75) is 19.9 Å². The van der Waals surface area contributed by atoms with Crippen LogP contribution in [0.3, 0.4) is 0 Å². The molecule has 0 saturated carbocycles. The normalized spacial score (nSPS) is 15.0. The number of rotatable bonds is 4. The number of hydrogen-bond donors (Lipinski definition) is 3. The van der Waals surface area contributed by atoms with Crippen LogP contribution in [0.4, 0.5) is 11.5 Å². The first-order valence-electron chi connectivity index (χ1n) is 9.27. The van der Waals surface area contributed by atoms with Crippen molar-refractivity contribution >= 4 is 39.3 Å². The number of carbonyl (C=O) groups is 2. The molecule has 0 fully saturated rings. The fraction of sp³-hybridized carbons (Fsp3) is 0.136. The molecule has 0 bridgehead atoms. The van der Waals surface area contributed by atoms with Crippen LogP contribution < -0.4 is 10.6 Å². The summed E-state index contributed by atoms with van der Waals surface area (Å²) in [7, 11) is 0. The summed E-state index contributed by atoms with van der Waals surface area (Å²) in [5.74, 6) is -1.14. The summed E-state index contributed by atoms with van der Waals surface area (Å²) in [6.07, 6.45) is 3.03. The topological polar surface area (TPSA) is 96.3 Å². The van der Waals surface area contributed by atoms with E-state index in [1.54, 1.807) is 10.8 Å². The van der Waals surface area contributed by atoms with E-state index in [2.05, 4.69) is 31.7 Å². The molecule has 2 aromatic carbocycles. The van der Waals surface area contributed by atoms with Gasteiger partial charge in [-0.05, 0) is 60.9 Å². The minimum atomic E-state index is -1.11. The van der Waals surface area contributed by atoms with Crippen LogP contribution >= 0.6 is 15.9 Å². The van der Waals surface area contributed by atoms with Gasteiger partial charge in [0.1, 0.15) is 17.1 Å². The highest BCUT2D eigenvalue weighted by atomic mass is 79.9. The molecule has 1 aliphatic rings. The lowest BCUT2D eigenvalue weighted by molar-refractivity contribution is -0.132. The monoisotopic (exact) mass is 466 g/mol. The summed E-state index contributed by atoms with van der Waals surface area (Å²) in [5, 5.41) is 19.6. The average Bonchev–Trinajstić information content (AvgIpc) is 3.15. The van der Waals surface area contributed by atoms with Crippen molar-refractivity contribution < 1.29 is 14.7 Å². The highest BCUT2D eigenvalue weighted by molar-refractivity contribution is 9.10. The Morgan fingerprint density at radius 3 is 2.53 bits per heavy atom. The van der Waals surface area contributed by atoms with Crippen LogP contribution in [0, 0.1) is 13.8 Å². The van der Waals surface area contributed by atoms with Gasteiger partial charge in [0.25, 0.3) is 5.91 Å². The summed E-state index contributed by atoms with van der Waals surface area (Å²) in [5.41, 5.74) is 3.97.